The summed E-state index contributed by atoms with van der Waals surface area (Å²) in [6.07, 6.45) is 8.94. The summed E-state index contributed by atoms with van der Waals surface area (Å²) in [5, 5.41) is 7.04. The predicted octanol–water partition coefficient (Wildman–Crippen LogP) is 6.35. The molecule has 2 aromatic heterocycles. The van der Waals surface area contributed by atoms with Crippen molar-refractivity contribution in [3.63, 3.8) is 0 Å². The second-order valence-electron chi connectivity index (χ2n) is 9.44. The lowest BCUT2D eigenvalue weighted by Crippen LogP contribution is -2.14. The zero-order valence-corrected chi connectivity index (χ0v) is 21.3. The van der Waals surface area contributed by atoms with Gasteiger partial charge in [-0.3, -0.25) is 0 Å². The fourth-order valence-corrected chi connectivity index (χ4v) is 4.36. The predicted molar refractivity (Wildman–Crippen MR) is 138 cm³/mol. The van der Waals surface area contributed by atoms with Gasteiger partial charge in [0.1, 0.15) is 11.6 Å². The second kappa shape index (κ2) is 11.1. The summed E-state index contributed by atoms with van der Waals surface area (Å²) in [6.45, 7) is 12.8. The number of aryl methyl sites for hydroxylation is 1. The molecule has 7 nitrogen and oxygen atoms in total. The van der Waals surface area contributed by atoms with Gasteiger partial charge in [-0.1, -0.05) is 32.8 Å². The fourth-order valence-electron chi connectivity index (χ4n) is 4.36. The van der Waals surface area contributed by atoms with Gasteiger partial charge in [0.15, 0.2) is 5.76 Å². The number of furan rings is 1. The number of nitrogens with zero attached hydrogens (tertiary/aromatic N) is 3. The summed E-state index contributed by atoms with van der Waals surface area (Å²) in [4.78, 5) is 14.3. The summed E-state index contributed by atoms with van der Waals surface area (Å²) in [7, 11) is 0. The van der Waals surface area contributed by atoms with E-state index < -0.39 is 0 Å². The monoisotopic (exact) mass is 465 g/mol. The van der Waals surface area contributed by atoms with Gasteiger partial charge < -0.3 is 19.8 Å². The van der Waals surface area contributed by atoms with E-state index in [2.05, 4.69) is 41.6 Å². The molecule has 0 saturated heterocycles. The Morgan fingerprint density at radius 2 is 1.91 bits per heavy atom. The average Bonchev–Trinajstić information content (AvgIpc) is 3.58. The van der Waals surface area contributed by atoms with E-state index in [0.29, 0.717) is 30.1 Å². The lowest BCUT2D eigenvalue weighted by molar-refractivity contribution is 0.319. The number of ether oxygens (including phenoxy) is 1. The Balaban J connectivity index is 1.66. The van der Waals surface area contributed by atoms with E-state index in [0.717, 1.165) is 65.9 Å². The molecule has 0 unspecified atom stereocenters. The van der Waals surface area contributed by atoms with Crippen molar-refractivity contribution in [2.45, 2.75) is 73.1 Å². The fraction of sp³-hybridized carbons (Fsp3) is 0.593. The maximum atomic E-state index is 6.40. The molecule has 2 aliphatic rings. The summed E-state index contributed by atoms with van der Waals surface area (Å²) in [6, 6.07) is 2.09. The number of hydrogen-bond acceptors (Lipinski definition) is 7. The normalized spacial score (nSPS) is 15.5. The van der Waals surface area contributed by atoms with Gasteiger partial charge >= 0.3 is 0 Å². The number of anilines is 2. The maximum absolute atomic E-state index is 6.40. The zero-order valence-electron chi connectivity index (χ0n) is 21.3. The third kappa shape index (κ3) is 5.80. The van der Waals surface area contributed by atoms with Crippen LogP contribution in [0.2, 0.25) is 0 Å². The molecule has 1 aliphatic carbocycles. The molecule has 0 amide bonds. The van der Waals surface area contributed by atoms with E-state index in [1.807, 2.05) is 20.8 Å². The van der Waals surface area contributed by atoms with Crippen LogP contribution in [-0.2, 0) is 11.2 Å². The van der Waals surface area contributed by atoms with E-state index in [1.165, 1.54) is 25.7 Å². The molecule has 7 heteroatoms. The Labute approximate surface area is 203 Å². The van der Waals surface area contributed by atoms with Gasteiger partial charge in [0.05, 0.1) is 17.9 Å². The molecule has 1 saturated carbocycles. The number of hydrogen-bond donors (Lipinski definition) is 2. The molecule has 34 heavy (non-hydrogen) atoms. The lowest BCUT2D eigenvalue weighted by atomic mass is 9.99. The van der Waals surface area contributed by atoms with Gasteiger partial charge in [-0.2, -0.15) is 4.98 Å². The number of fused-ring (bicyclic) bond motifs is 1. The van der Waals surface area contributed by atoms with Gasteiger partial charge in [-0.15, -0.1) is 0 Å². The molecule has 184 valence electrons. The van der Waals surface area contributed by atoms with Crippen molar-refractivity contribution in [1.29, 1.82) is 0 Å². The first-order chi connectivity index (χ1) is 16.5. The molecular formula is C27H39N5O2. The molecule has 0 aromatic carbocycles. The Kier molecular flexibility index (Phi) is 7.91. The standard InChI is InChI=1S/C27H39N5O2/c1-6-19(7-2)13-14-28-25-23(18(5)31-27(32-25)29-16-20-10-11-20)22-15-21-12-9-17(4)30-26(33-8-3)24(21)34-22/h9,15,19-20H,6-8,10-14,16H2,1-5H3,(H2,28,29,31,32). The summed E-state index contributed by atoms with van der Waals surface area (Å²) in [5.74, 6) is 4.96. The number of rotatable bonds is 11. The van der Waals surface area contributed by atoms with Crippen LogP contribution in [0.15, 0.2) is 27.2 Å². The summed E-state index contributed by atoms with van der Waals surface area (Å²) < 4.78 is 12.2. The van der Waals surface area contributed by atoms with E-state index in [1.54, 1.807) is 0 Å². The van der Waals surface area contributed by atoms with Gasteiger partial charge in [0.2, 0.25) is 5.95 Å². The van der Waals surface area contributed by atoms with Crippen molar-refractivity contribution in [2.75, 3.05) is 30.3 Å². The van der Waals surface area contributed by atoms with Crippen LogP contribution < -0.4 is 10.6 Å². The highest BCUT2D eigenvalue weighted by molar-refractivity contribution is 5.95. The molecule has 0 atom stereocenters. The highest BCUT2D eigenvalue weighted by Crippen LogP contribution is 2.36. The Morgan fingerprint density at radius 3 is 2.62 bits per heavy atom. The van der Waals surface area contributed by atoms with Crippen molar-refractivity contribution < 1.29 is 9.15 Å². The first kappa shape index (κ1) is 24.3. The van der Waals surface area contributed by atoms with E-state index in [4.69, 9.17) is 19.1 Å². The van der Waals surface area contributed by atoms with Gasteiger partial charge in [0.25, 0.3) is 5.90 Å². The minimum absolute atomic E-state index is 0.536. The van der Waals surface area contributed by atoms with Crippen molar-refractivity contribution in [1.82, 2.24) is 9.97 Å². The zero-order chi connectivity index (χ0) is 24.1. The highest BCUT2D eigenvalue weighted by Gasteiger charge is 2.25. The van der Waals surface area contributed by atoms with Crippen LogP contribution >= 0.6 is 0 Å². The molecule has 3 heterocycles. The molecular weight excluding hydrogens is 426 g/mol. The van der Waals surface area contributed by atoms with Crippen molar-refractivity contribution in [3.05, 3.63) is 34.9 Å². The number of aromatic nitrogens is 2. The quantitative estimate of drug-likeness (QED) is 0.402. The number of allylic oxidation sites excluding steroid dienone is 2. The van der Waals surface area contributed by atoms with Crippen LogP contribution in [0.4, 0.5) is 11.8 Å². The topological polar surface area (TPSA) is 84.6 Å². The lowest BCUT2D eigenvalue weighted by Gasteiger charge is -2.16. The van der Waals surface area contributed by atoms with E-state index in [9.17, 15) is 0 Å². The minimum Gasteiger partial charge on any atom is -0.475 e. The van der Waals surface area contributed by atoms with Gasteiger partial charge in [-0.25, -0.2) is 9.98 Å². The van der Waals surface area contributed by atoms with Crippen molar-refractivity contribution in [3.8, 4) is 11.3 Å². The van der Waals surface area contributed by atoms with E-state index >= 15 is 0 Å². The van der Waals surface area contributed by atoms with Crippen LogP contribution in [-0.4, -0.2) is 35.6 Å². The highest BCUT2D eigenvalue weighted by atomic mass is 16.5. The molecule has 0 spiro atoms. The summed E-state index contributed by atoms with van der Waals surface area (Å²) >= 11 is 0. The molecule has 4 rings (SSSR count). The molecule has 2 aromatic rings. The van der Waals surface area contributed by atoms with Crippen molar-refractivity contribution in [2.24, 2.45) is 16.8 Å². The third-order valence-electron chi connectivity index (χ3n) is 6.76. The maximum Gasteiger partial charge on any atom is 0.258 e. The van der Waals surface area contributed by atoms with Crippen molar-refractivity contribution >= 4 is 17.7 Å². The van der Waals surface area contributed by atoms with Gasteiger partial charge in [-0.05, 0) is 64.4 Å². The van der Waals surface area contributed by atoms with Crippen LogP contribution in [0, 0.1) is 18.8 Å². The van der Waals surface area contributed by atoms with Gasteiger partial charge in [0, 0.05) is 24.4 Å². The number of nitrogens with one attached hydrogen (secondary N) is 2. The smallest absolute Gasteiger partial charge is 0.258 e. The Bertz CT molecular complexity index is 1050. The SMILES string of the molecule is CCOC1=NC(C)=CCc2cc(-c3c(C)nc(NCC4CC4)nc3NCCC(CC)CC)oc21. The molecule has 0 radical (unpaired) electrons. The first-order valence-corrected chi connectivity index (χ1v) is 12.9. The Morgan fingerprint density at radius 1 is 1.12 bits per heavy atom. The largest absolute Gasteiger partial charge is 0.475 e. The first-order valence-electron chi connectivity index (χ1n) is 12.9. The third-order valence-corrected chi connectivity index (χ3v) is 6.76. The van der Waals surface area contributed by atoms with Crippen LogP contribution in [0.3, 0.4) is 0 Å². The molecule has 0 bridgehead atoms. The molecule has 1 aliphatic heterocycles. The Hall–Kier alpha value is -2.83. The second-order valence-corrected chi connectivity index (χ2v) is 9.44. The van der Waals surface area contributed by atoms with Crippen LogP contribution in [0.5, 0.6) is 0 Å². The number of aliphatic imine (C=N–C) groups is 1. The molecule has 2 N–H and O–H groups in total. The average molecular weight is 466 g/mol. The molecule has 1 fully saturated rings. The van der Waals surface area contributed by atoms with Crippen LogP contribution in [0.25, 0.3) is 11.3 Å². The minimum atomic E-state index is 0.536. The summed E-state index contributed by atoms with van der Waals surface area (Å²) in [5.41, 5.74) is 3.80. The van der Waals surface area contributed by atoms with E-state index in [-0.39, 0.29) is 0 Å². The van der Waals surface area contributed by atoms with Crippen LogP contribution in [0.1, 0.15) is 76.8 Å².